The topological polar surface area (TPSA) is 68.3 Å². The molecule has 0 aliphatic heterocycles. The van der Waals surface area contributed by atoms with Gasteiger partial charge in [-0.25, -0.2) is 9.97 Å². The molecule has 5 aromatic heterocycles. The molecule has 0 saturated heterocycles. The number of rotatable bonds is 9. The van der Waals surface area contributed by atoms with Gasteiger partial charge in [0, 0.05) is 56.5 Å². The van der Waals surface area contributed by atoms with E-state index in [0.29, 0.717) is 0 Å². The third-order valence-electron chi connectivity index (χ3n) is 16.3. The summed E-state index contributed by atoms with van der Waals surface area (Å²) in [7, 11) is 0. The smallest absolute Gasteiger partial charge is 0.146 e. The lowest BCUT2D eigenvalue weighted by Gasteiger charge is -2.15. The minimum atomic E-state index is 0.830. The van der Waals surface area contributed by atoms with Crippen molar-refractivity contribution in [1.29, 1.82) is 0 Å². The summed E-state index contributed by atoms with van der Waals surface area (Å²) >= 11 is 0. The van der Waals surface area contributed by atoms with Gasteiger partial charge in [-0.1, -0.05) is 202 Å². The number of para-hydroxylation sites is 4. The lowest BCUT2D eigenvalue weighted by molar-refractivity contribution is 1.14. The molecule has 0 spiro atoms. The number of pyridine rings is 4. The Balaban J connectivity index is 0.000000149. The SMILES string of the molecule is C=C/C=c1/ccc(-c2ccc(-c3cc(C(C)=Nc4ccccc4C)c(-c4ccccc4CC)cn3)cc2)cc1=C.c1cc(-c2cc3c(cn2)c2ccccc2n2c4ccccc4nc32)nc(-c2ccc3ccc4cccc5ccc2c3c45)c1. The Morgan fingerprint density at radius 3 is 2.01 bits per heavy atom. The molecular weight excluding hydrogens is 1010 g/mol. The molecule has 6 nitrogen and oxygen atoms in total. The highest BCUT2D eigenvalue weighted by atomic mass is 15.0. The monoisotopic (exact) mass is 1060 g/mol. The number of aliphatic imine (C=N–C) groups is 1. The molecule has 6 heteroatoms. The van der Waals surface area contributed by atoms with Crippen molar-refractivity contribution in [1.82, 2.24) is 24.3 Å². The maximum atomic E-state index is 5.20. The lowest BCUT2D eigenvalue weighted by atomic mass is 9.91. The molecule has 0 unspecified atom stereocenters. The first kappa shape index (κ1) is 50.5. The van der Waals surface area contributed by atoms with E-state index < -0.39 is 0 Å². The van der Waals surface area contributed by atoms with Crippen molar-refractivity contribution in [3.8, 4) is 56.2 Å². The quantitative estimate of drug-likeness (QED) is 0.107. The Hall–Kier alpha value is -10.7. The zero-order valence-corrected chi connectivity index (χ0v) is 46.5. The maximum absolute atomic E-state index is 5.20. The summed E-state index contributed by atoms with van der Waals surface area (Å²) in [5.41, 5.74) is 19.9. The number of benzene rings is 10. The van der Waals surface area contributed by atoms with Gasteiger partial charge in [0.05, 0.1) is 45.0 Å². The number of fused-ring (bicyclic) bond motifs is 8. The van der Waals surface area contributed by atoms with Crippen LogP contribution in [0.5, 0.6) is 0 Å². The van der Waals surface area contributed by atoms with Crippen molar-refractivity contribution in [3.63, 3.8) is 0 Å². The largest absolute Gasteiger partial charge is 0.292 e. The van der Waals surface area contributed by atoms with Gasteiger partial charge < -0.3 is 0 Å². The van der Waals surface area contributed by atoms with Crippen LogP contribution in [0.4, 0.5) is 5.69 Å². The first-order valence-electron chi connectivity index (χ1n) is 28.2. The van der Waals surface area contributed by atoms with Gasteiger partial charge in [0.2, 0.25) is 0 Å². The van der Waals surface area contributed by atoms with E-state index in [1.54, 1.807) is 6.08 Å². The van der Waals surface area contributed by atoms with Crippen LogP contribution < -0.4 is 10.4 Å². The maximum Gasteiger partial charge on any atom is 0.146 e. The van der Waals surface area contributed by atoms with Crippen molar-refractivity contribution in [2.24, 2.45) is 4.99 Å². The Morgan fingerprint density at radius 2 is 1.19 bits per heavy atom. The van der Waals surface area contributed by atoms with Crippen molar-refractivity contribution < 1.29 is 0 Å². The highest BCUT2D eigenvalue weighted by Gasteiger charge is 2.19. The fraction of sp³-hybridized carbons (Fsp3) is 0.0519. The molecule has 10 aromatic carbocycles. The summed E-state index contributed by atoms with van der Waals surface area (Å²) in [6.07, 6.45) is 8.71. The molecule has 0 bridgehead atoms. The molecule has 0 saturated carbocycles. The van der Waals surface area contributed by atoms with E-state index in [4.69, 9.17) is 24.9 Å². The summed E-state index contributed by atoms with van der Waals surface area (Å²) in [6.45, 7) is 14.4. The molecule has 83 heavy (non-hydrogen) atoms. The second-order valence-electron chi connectivity index (χ2n) is 21.3. The average Bonchev–Trinajstić information content (AvgIpc) is 4.00. The molecule has 0 aliphatic rings. The van der Waals surface area contributed by atoms with E-state index >= 15 is 0 Å². The van der Waals surface area contributed by atoms with Gasteiger partial charge in [-0.3, -0.25) is 19.4 Å². The normalized spacial score (nSPS) is 12.1. The van der Waals surface area contributed by atoms with E-state index in [1.807, 2.05) is 42.7 Å². The molecular formula is C77H56N6. The van der Waals surface area contributed by atoms with Gasteiger partial charge in [0.15, 0.2) is 0 Å². The van der Waals surface area contributed by atoms with Gasteiger partial charge in [-0.15, -0.1) is 0 Å². The van der Waals surface area contributed by atoms with E-state index in [9.17, 15) is 0 Å². The van der Waals surface area contributed by atoms with Crippen LogP contribution in [0, 0.1) is 6.92 Å². The highest BCUT2D eigenvalue weighted by Crippen LogP contribution is 2.40. The fourth-order valence-electron chi connectivity index (χ4n) is 12.1. The van der Waals surface area contributed by atoms with Crippen LogP contribution in [0.1, 0.15) is 30.5 Å². The number of allylic oxidation sites excluding steroid dienone is 1. The van der Waals surface area contributed by atoms with Gasteiger partial charge >= 0.3 is 0 Å². The summed E-state index contributed by atoms with van der Waals surface area (Å²) < 4.78 is 2.27. The predicted octanol–water partition coefficient (Wildman–Crippen LogP) is 18.3. The summed E-state index contributed by atoms with van der Waals surface area (Å²) in [6, 6.07) is 79.0. The van der Waals surface area contributed by atoms with Crippen molar-refractivity contribution in [2.75, 3.05) is 0 Å². The third-order valence-corrected chi connectivity index (χ3v) is 16.3. The molecule has 0 aliphatic carbocycles. The van der Waals surface area contributed by atoms with Crippen LogP contribution in [-0.2, 0) is 6.42 Å². The van der Waals surface area contributed by atoms with Crippen molar-refractivity contribution in [3.05, 3.63) is 277 Å². The van der Waals surface area contributed by atoms with Gasteiger partial charge in [0.1, 0.15) is 5.65 Å². The number of nitrogens with zero attached hydrogens (tertiary/aromatic N) is 6. The van der Waals surface area contributed by atoms with Crippen molar-refractivity contribution in [2.45, 2.75) is 27.2 Å². The van der Waals surface area contributed by atoms with Gasteiger partial charge in [-0.2, -0.15) is 0 Å². The number of imidazole rings is 1. The molecule has 0 atom stereocenters. The second-order valence-corrected chi connectivity index (χ2v) is 21.3. The molecule has 0 amide bonds. The zero-order chi connectivity index (χ0) is 56.1. The Morgan fingerprint density at radius 1 is 0.506 bits per heavy atom. The van der Waals surface area contributed by atoms with Crippen LogP contribution in [0.3, 0.4) is 0 Å². The molecule has 394 valence electrons. The van der Waals surface area contributed by atoms with Gasteiger partial charge in [-0.05, 0) is 145 Å². The minimum Gasteiger partial charge on any atom is -0.292 e. The lowest BCUT2D eigenvalue weighted by Crippen LogP contribution is -2.22. The summed E-state index contributed by atoms with van der Waals surface area (Å²) in [5.74, 6) is 0. The minimum absolute atomic E-state index is 0.830. The van der Waals surface area contributed by atoms with E-state index in [-0.39, 0.29) is 0 Å². The molecule has 0 fully saturated rings. The van der Waals surface area contributed by atoms with E-state index in [0.717, 1.165) is 128 Å². The van der Waals surface area contributed by atoms with E-state index in [1.165, 1.54) is 43.4 Å². The van der Waals surface area contributed by atoms with Crippen LogP contribution in [0.2, 0.25) is 0 Å². The van der Waals surface area contributed by atoms with Crippen LogP contribution >= 0.6 is 0 Å². The van der Waals surface area contributed by atoms with Crippen LogP contribution in [0.15, 0.2) is 254 Å². The molecule has 5 heterocycles. The molecule has 0 radical (unpaired) electrons. The molecule has 15 aromatic rings. The first-order valence-corrected chi connectivity index (χ1v) is 28.2. The number of aromatic nitrogens is 5. The predicted molar refractivity (Wildman–Crippen MR) is 350 cm³/mol. The average molecular weight is 1070 g/mol. The van der Waals surface area contributed by atoms with Crippen LogP contribution in [0.25, 0.3) is 139 Å². The Kier molecular flexibility index (Phi) is 12.8. The molecule has 0 N–H and O–H groups in total. The highest BCUT2D eigenvalue weighted by molar-refractivity contribution is 6.25. The zero-order valence-electron chi connectivity index (χ0n) is 46.5. The summed E-state index contributed by atoms with van der Waals surface area (Å²) in [5, 5.41) is 13.0. The summed E-state index contributed by atoms with van der Waals surface area (Å²) in [4.78, 5) is 25.2. The Bertz CT molecular complexity index is 5190. The third kappa shape index (κ3) is 9.07. The number of hydrogen-bond donors (Lipinski definition) is 0. The Labute approximate surface area is 481 Å². The van der Waals surface area contributed by atoms with Crippen molar-refractivity contribution >= 4 is 94.7 Å². The van der Waals surface area contributed by atoms with E-state index in [2.05, 4.69) is 239 Å². The fourth-order valence-corrected chi connectivity index (χ4v) is 12.1. The second kappa shape index (κ2) is 21.1. The molecule has 15 rings (SSSR count). The van der Waals surface area contributed by atoms with Gasteiger partial charge in [0.25, 0.3) is 0 Å². The number of hydrogen-bond acceptors (Lipinski definition) is 5. The standard InChI is InChI=1S/C39H22N4.C38H34N2/c1-3-13-35-27(9-1)30-22-40-34(21-29(30)39-42-33-10-2-4-14-36(33)43(35)39)32-12-6-11-31(41-32)26-19-17-25-16-15-23-7-5-8-24-18-20-28(26)38(25)37(23)24;1-6-12-30-17-22-33(23-27(30)4)31-18-20-32(21-19-31)38-24-35(28(5)40-37-16-11-8-13-26(37)3)36(25-39-38)34-15-10-9-14-29(34)7-2/h1-22H;6,8-25H,1,4,7H2,2-3,5H3/b;30-12-,40-28?. The first-order chi connectivity index (χ1) is 40.8. The van der Waals surface area contributed by atoms with Crippen LogP contribution in [-0.4, -0.2) is 30.0 Å². The number of aryl methyl sites for hydroxylation is 2.